The number of benzene rings is 1. The van der Waals surface area contributed by atoms with Crippen LogP contribution in [0.5, 0.6) is 0 Å². The molecule has 4 rings (SSSR count). The number of anilines is 4. The topological polar surface area (TPSA) is 116 Å². The Morgan fingerprint density at radius 2 is 1.52 bits per heavy atom. The van der Waals surface area contributed by atoms with Crippen molar-refractivity contribution in [2.45, 2.75) is 26.7 Å². The van der Waals surface area contributed by atoms with Crippen LogP contribution in [0, 0.1) is 5.82 Å². The van der Waals surface area contributed by atoms with Crippen LogP contribution < -0.4 is 15.3 Å². The van der Waals surface area contributed by atoms with E-state index >= 15 is 0 Å². The molecule has 1 aromatic heterocycles. The third-order valence-corrected chi connectivity index (χ3v) is 4.28. The van der Waals surface area contributed by atoms with Gasteiger partial charge in [-0.25, -0.2) is 4.39 Å². The zero-order valence-corrected chi connectivity index (χ0v) is 16.1. The van der Waals surface area contributed by atoms with Crippen molar-refractivity contribution in [3.05, 3.63) is 29.0 Å². The molecule has 12 heteroatoms. The van der Waals surface area contributed by atoms with Gasteiger partial charge in [0.05, 0.1) is 17.9 Å². The van der Waals surface area contributed by atoms with Crippen LogP contribution in [0.15, 0.2) is 28.4 Å². The summed E-state index contributed by atoms with van der Waals surface area (Å²) in [5, 5.41) is 13.1. The zero-order valence-electron chi connectivity index (χ0n) is 15.3. The fraction of sp³-hybridized carbons (Fsp3) is 0.235. The van der Waals surface area contributed by atoms with Crippen molar-refractivity contribution in [1.29, 1.82) is 0 Å². The highest BCUT2D eigenvalue weighted by Gasteiger charge is 2.30. The van der Waals surface area contributed by atoms with Gasteiger partial charge in [0, 0.05) is 17.1 Å². The van der Waals surface area contributed by atoms with Crippen LogP contribution in [0.2, 0.25) is 5.02 Å². The molecule has 1 N–H and O–H groups in total. The SMILES string of the molecule is CC1=NN(c2nc(Nc3ccc(F)c(Cl)c3)nc(N3N=C(C)CC3=O)n2)C(=O)C1. The Kier molecular flexibility index (Phi) is 4.66. The molecular formula is C17H14ClFN8O2. The minimum atomic E-state index is -0.575. The summed E-state index contributed by atoms with van der Waals surface area (Å²) in [7, 11) is 0. The largest absolute Gasteiger partial charge is 0.324 e. The Hall–Kier alpha value is -3.47. The molecule has 2 aliphatic heterocycles. The maximum atomic E-state index is 13.4. The maximum Gasteiger partial charge on any atom is 0.260 e. The predicted molar refractivity (Wildman–Crippen MR) is 105 cm³/mol. The summed E-state index contributed by atoms with van der Waals surface area (Å²) >= 11 is 5.81. The summed E-state index contributed by atoms with van der Waals surface area (Å²) in [5.74, 6) is -1.34. The second-order valence-electron chi connectivity index (χ2n) is 6.45. The minimum Gasteiger partial charge on any atom is -0.324 e. The Morgan fingerprint density at radius 3 is 1.97 bits per heavy atom. The first-order chi connectivity index (χ1) is 13.8. The van der Waals surface area contributed by atoms with Gasteiger partial charge in [0.15, 0.2) is 0 Å². The molecule has 2 amide bonds. The summed E-state index contributed by atoms with van der Waals surface area (Å²) in [6, 6.07) is 3.98. The standard InChI is InChI=1S/C17H14ClFN8O2/c1-8-5-13(28)26(24-8)16-21-15(20-10-3-4-12(19)11(18)7-10)22-17(23-16)27-14(29)6-9(2)25-27/h3-4,7H,5-6H2,1-2H3,(H,20,21,22,23). The van der Waals surface area contributed by atoms with Crippen molar-refractivity contribution in [3.8, 4) is 0 Å². The summed E-state index contributed by atoms with van der Waals surface area (Å²) in [6.45, 7) is 3.41. The van der Waals surface area contributed by atoms with E-state index in [1.54, 1.807) is 13.8 Å². The Bertz CT molecular complexity index is 1050. The van der Waals surface area contributed by atoms with Crippen LogP contribution in [0.25, 0.3) is 0 Å². The summed E-state index contributed by atoms with van der Waals surface area (Å²) in [6.07, 6.45) is 0.272. The molecular weight excluding hydrogens is 403 g/mol. The molecule has 0 bridgehead atoms. The number of nitrogens with zero attached hydrogens (tertiary/aromatic N) is 7. The summed E-state index contributed by atoms with van der Waals surface area (Å²) in [5.41, 5.74) is 1.60. The van der Waals surface area contributed by atoms with Crippen molar-refractivity contribution < 1.29 is 14.0 Å². The lowest BCUT2D eigenvalue weighted by Gasteiger charge is -2.15. The van der Waals surface area contributed by atoms with Crippen molar-refractivity contribution >= 4 is 58.4 Å². The van der Waals surface area contributed by atoms with E-state index in [0.717, 1.165) is 10.0 Å². The first kappa shape index (κ1) is 18.9. The van der Waals surface area contributed by atoms with Crippen molar-refractivity contribution in [3.63, 3.8) is 0 Å². The Labute approximate surface area is 169 Å². The molecule has 0 spiro atoms. The van der Waals surface area contributed by atoms with Crippen molar-refractivity contribution in [2.75, 3.05) is 15.3 Å². The fourth-order valence-corrected chi connectivity index (χ4v) is 2.91. The van der Waals surface area contributed by atoms with E-state index in [1.165, 1.54) is 18.2 Å². The lowest BCUT2D eigenvalue weighted by molar-refractivity contribution is -0.117. The van der Waals surface area contributed by atoms with Gasteiger partial charge in [0.25, 0.3) is 23.7 Å². The molecule has 0 unspecified atom stereocenters. The number of hydrogen-bond donors (Lipinski definition) is 1. The summed E-state index contributed by atoms with van der Waals surface area (Å²) < 4.78 is 13.4. The van der Waals surface area contributed by atoms with Crippen LogP contribution in [0.4, 0.5) is 27.9 Å². The van der Waals surface area contributed by atoms with Crippen molar-refractivity contribution in [1.82, 2.24) is 15.0 Å². The molecule has 3 heterocycles. The lowest BCUT2D eigenvalue weighted by atomic mass is 10.3. The number of carbonyl (C=O) groups excluding carboxylic acids is 2. The number of nitrogens with one attached hydrogen (secondary N) is 1. The highest BCUT2D eigenvalue weighted by molar-refractivity contribution is 6.31. The first-order valence-electron chi connectivity index (χ1n) is 8.52. The average Bonchev–Trinajstić information content (AvgIpc) is 3.18. The van der Waals surface area contributed by atoms with Gasteiger partial charge in [-0.3, -0.25) is 9.59 Å². The highest BCUT2D eigenvalue weighted by atomic mass is 35.5. The maximum absolute atomic E-state index is 13.4. The molecule has 1 aromatic carbocycles. The molecule has 0 fully saturated rings. The van der Waals surface area contributed by atoms with E-state index in [9.17, 15) is 14.0 Å². The molecule has 148 valence electrons. The Morgan fingerprint density at radius 1 is 0.966 bits per heavy atom. The fourth-order valence-electron chi connectivity index (χ4n) is 2.73. The number of hydrazone groups is 2. The molecule has 2 aliphatic rings. The predicted octanol–water partition coefficient (Wildman–Crippen LogP) is 2.63. The number of rotatable bonds is 4. The number of amides is 2. The van der Waals surface area contributed by atoms with Gasteiger partial charge in [0.1, 0.15) is 5.82 Å². The van der Waals surface area contributed by atoms with Gasteiger partial charge in [-0.2, -0.15) is 35.2 Å². The van der Waals surface area contributed by atoms with E-state index in [1.807, 2.05) is 0 Å². The van der Waals surface area contributed by atoms with Crippen LogP contribution in [0.3, 0.4) is 0 Å². The van der Waals surface area contributed by atoms with Gasteiger partial charge in [-0.1, -0.05) is 11.6 Å². The smallest absolute Gasteiger partial charge is 0.260 e. The average molecular weight is 417 g/mol. The van der Waals surface area contributed by atoms with Gasteiger partial charge < -0.3 is 5.32 Å². The molecule has 0 saturated carbocycles. The van der Waals surface area contributed by atoms with E-state index in [-0.39, 0.29) is 47.5 Å². The van der Waals surface area contributed by atoms with Crippen LogP contribution >= 0.6 is 11.6 Å². The van der Waals surface area contributed by atoms with Crippen molar-refractivity contribution in [2.24, 2.45) is 10.2 Å². The monoisotopic (exact) mass is 416 g/mol. The second-order valence-corrected chi connectivity index (χ2v) is 6.86. The lowest BCUT2D eigenvalue weighted by Crippen LogP contribution is -2.26. The van der Waals surface area contributed by atoms with E-state index in [2.05, 4.69) is 30.5 Å². The molecule has 10 nitrogen and oxygen atoms in total. The van der Waals surface area contributed by atoms with E-state index in [0.29, 0.717) is 17.1 Å². The van der Waals surface area contributed by atoms with Crippen LogP contribution in [-0.2, 0) is 9.59 Å². The quantitative estimate of drug-likeness (QED) is 0.818. The molecule has 0 saturated heterocycles. The Balaban J connectivity index is 1.76. The van der Waals surface area contributed by atoms with E-state index in [4.69, 9.17) is 11.6 Å². The van der Waals surface area contributed by atoms with Gasteiger partial charge in [0.2, 0.25) is 5.95 Å². The molecule has 0 atom stereocenters. The first-order valence-corrected chi connectivity index (χ1v) is 8.90. The number of aromatic nitrogens is 3. The van der Waals surface area contributed by atoms with Gasteiger partial charge in [-0.15, -0.1) is 0 Å². The number of carbonyl (C=O) groups is 2. The van der Waals surface area contributed by atoms with Crippen LogP contribution in [-0.4, -0.2) is 38.2 Å². The molecule has 0 radical (unpaired) electrons. The highest BCUT2D eigenvalue weighted by Crippen LogP contribution is 2.26. The van der Waals surface area contributed by atoms with Gasteiger partial charge >= 0.3 is 0 Å². The molecule has 2 aromatic rings. The minimum absolute atomic E-state index is 0.00720. The second kappa shape index (κ2) is 7.17. The molecule has 0 aliphatic carbocycles. The zero-order chi connectivity index (χ0) is 20.7. The van der Waals surface area contributed by atoms with Gasteiger partial charge in [-0.05, 0) is 32.0 Å². The number of hydrogen-bond acceptors (Lipinski definition) is 8. The third kappa shape index (κ3) is 3.76. The van der Waals surface area contributed by atoms with E-state index < -0.39 is 5.82 Å². The van der Waals surface area contributed by atoms with Crippen LogP contribution in [0.1, 0.15) is 26.7 Å². The molecule has 29 heavy (non-hydrogen) atoms. The summed E-state index contributed by atoms with van der Waals surface area (Å²) in [4.78, 5) is 37.0. The third-order valence-electron chi connectivity index (χ3n) is 3.99. The number of halogens is 2. The normalized spacial score (nSPS) is 16.4.